The fraction of sp³-hybridized carbons (Fsp3) is 0.316. The molecule has 2 amide bonds. The van der Waals surface area contributed by atoms with Crippen LogP contribution >= 0.6 is 0 Å². The summed E-state index contributed by atoms with van der Waals surface area (Å²) in [6.07, 6.45) is 0. The molecule has 5 nitrogen and oxygen atoms in total. The van der Waals surface area contributed by atoms with Crippen LogP contribution in [0.25, 0.3) is 0 Å². The van der Waals surface area contributed by atoms with E-state index in [1.807, 2.05) is 24.0 Å². The summed E-state index contributed by atoms with van der Waals surface area (Å²) in [7, 11) is 0. The number of carbonyl (C=O) groups excluding carboxylic acids is 1. The second-order valence-electron chi connectivity index (χ2n) is 6.19. The van der Waals surface area contributed by atoms with Crippen molar-refractivity contribution in [2.45, 2.75) is 13.0 Å². The van der Waals surface area contributed by atoms with Crippen LogP contribution in [0.15, 0.2) is 48.5 Å². The first kappa shape index (κ1) is 17.1. The van der Waals surface area contributed by atoms with Gasteiger partial charge in [-0.25, -0.2) is 9.18 Å². The van der Waals surface area contributed by atoms with Gasteiger partial charge in [0.2, 0.25) is 0 Å². The minimum Gasteiger partial charge on any atom is -0.508 e. The smallest absolute Gasteiger partial charge is 0.317 e. The van der Waals surface area contributed by atoms with Gasteiger partial charge >= 0.3 is 6.03 Å². The van der Waals surface area contributed by atoms with E-state index in [-0.39, 0.29) is 23.6 Å². The Hall–Kier alpha value is -2.76. The van der Waals surface area contributed by atoms with Gasteiger partial charge in [0.1, 0.15) is 11.6 Å². The second-order valence-corrected chi connectivity index (χ2v) is 6.19. The summed E-state index contributed by atoms with van der Waals surface area (Å²) < 4.78 is 13.9. The van der Waals surface area contributed by atoms with E-state index >= 15 is 0 Å². The molecule has 0 aromatic heterocycles. The van der Waals surface area contributed by atoms with Crippen LogP contribution in [0.1, 0.15) is 18.5 Å². The van der Waals surface area contributed by atoms with Gasteiger partial charge in [0.25, 0.3) is 0 Å². The van der Waals surface area contributed by atoms with E-state index in [0.717, 1.165) is 5.56 Å². The minimum atomic E-state index is -0.238. The molecule has 2 aromatic carbocycles. The number of rotatable bonds is 3. The van der Waals surface area contributed by atoms with Gasteiger partial charge < -0.3 is 20.2 Å². The second kappa shape index (κ2) is 7.42. The lowest BCUT2D eigenvalue weighted by Gasteiger charge is -2.36. The molecule has 0 spiro atoms. The zero-order valence-corrected chi connectivity index (χ0v) is 14.2. The molecule has 0 bridgehead atoms. The summed E-state index contributed by atoms with van der Waals surface area (Å²) in [6, 6.07) is 13.2. The van der Waals surface area contributed by atoms with Gasteiger partial charge in [0.05, 0.1) is 11.7 Å². The van der Waals surface area contributed by atoms with Crippen molar-refractivity contribution in [2.75, 3.05) is 31.1 Å². The monoisotopic (exact) mass is 343 g/mol. The van der Waals surface area contributed by atoms with E-state index in [2.05, 4.69) is 5.32 Å². The molecule has 2 N–H and O–H groups in total. The quantitative estimate of drug-likeness (QED) is 0.900. The zero-order chi connectivity index (χ0) is 17.8. The highest BCUT2D eigenvalue weighted by Crippen LogP contribution is 2.21. The Labute approximate surface area is 146 Å². The number of phenols is 1. The first-order valence-corrected chi connectivity index (χ1v) is 8.38. The van der Waals surface area contributed by atoms with Gasteiger partial charge in [-0.15, -0.1) is 0 Å². The normalized spacial score (nSPS) is 15.8. The number of carbonyl (C=O) groups is 1. The number of phenolic OH excluding ortho intramolecular Hbond substituents is 1. The molecule has 0 aliphatic carbocycles. The maximum absolute atomic E-state index is 13.9. The molecule has 25 heavy (non-hydrogen) atoms. The number of nitrogens with one attached hydrogen (secondary N) is 1. The van der Waals surface area contributed by atoms with E-state index in [1.54, 1.807) is 35.2 Å². The molecule has 1 fully saturated rings. The first-order chi connectivity index (χ1) is 12.0. The number of benzene rings is 2. The number of amides is 2. The van der Waals surface area contributed by atoms with Gasteiger partial charge in [-0.2, -0.15) is 0 Å². The summed E-state index contributed by atoms with van der Waals surface area (Å²) >= 11 is 0. The number of piperazine rings is 1. The third kappa shape index (κ3) is 4.02. The molecule has 1 aliphatic heterocycles. The van der Waals surface area contributed by atoms with E-state index < -0.39 is 0 Å². The first-order valence-electron chi connectivity index (χ1n) is 8.38. The highest BCUT2D eigenvalue weighted by Gasteiger charge is 2.23. The maximum atomic E-state index is 13.9. The molecular formula is C19H22FN3O2. The Morgan fingerprint density at radius 1 is 1.12 bits per heavy atom. The Kier molecular flexibility index (Phi) is 5.07. The molecule has 132 valence electrons. The van der Waals surface area contributed by atoms with Crippen molar-refractivity contribution in [2.24, 2.45) is 0 Å². The SMILES string of the molecule is C[C@@H](NC(=O)N1CCN(c2ccccc2F)CC1)c1cccc(O)c1. The topological polar surface area (TPSA) is 55.8 Å². The predicted molar refractivity (Wildman–Crippen MR) is 95.2 cm³/mol. The van der Waals surface area contributed by atoms with Crippen molar-refractivity contribution in [3.05, 3.63) is 59.9 Å². The summed E-state index contributed by atoms with van der Waals surface area (Å²) in [4.78, 5) is 16.1. The molecule has 0 unspecified atom stereocenters. The van der Waals surface area contributed by atoms with Gasteiger partial charge in [-0.1, -0.05) is 24.3 Å². The molecule has 0 radical (unpaired) electrons. The van der Waals surface area contributed by atoms with Gasteiger partial charge in [-0.05, 0) is 36.8 Å². The summed E-state index contributed by atoms with van der Waals surface area (Å²) in [5.74, 6) is -0.0602. The maximum Gasteiger partial charge on any atom is 0.317 e. The van der Waals surface area contributed by atoms with Crippen molar-refractivity contribution in [1.82, 2.24) is 10.2 Å². The third-order valence-electron chi connectivity index (χ3n) is 4.47. The van der Waals surface area contributed by atoms with Crippen molar-refractivity contribution >= 4 is 11.7 Å². The van der Waals surface area contributed by atoms with Crippen LogP contribution in [0.3, 0.4) is 0 Å². The molecule has 3 rings (SSSR count). The highest BCUT2D eigenvalue weighted by molar-refractivity contribution is 5.75. The lowest BCUT2D eigenvalue weighted by Crippen LogP contribution is -2.52. The van der Waals surface area contributed by atoms with Crippen LogP contribution in [0.2, 0.25) is 0 Å². The van der Waals surface area contributed by atoms with Crippen LogP contribution in [0.5, 0.6) is 5.75 Å². The molecule has 1 atom stereocenters. The predicted octanol–water partition coefficient (Wildman–Crippen LogP) is 3.12. The largest absolute Gasteiger partial charge is 0.508 e. The van der Waals surface area contributed by atoms with Crippen molar-refractivity contribution < 1.29 is 14.3 Å². The number of urea groups is 1. The van der Waals surface area contributed by atoms with Gasteiger partial charge in [0, 0.05) is 26.2 Å². The summed E-state index contributed by atoms with van der Waals surface area (Å²) in [5.41, 5.74) is 1.43. The van der Waals surface area contributed by atoms with E-state index in [4.69, 9.17) is 0 Å². The summed E-state index contributed by atoms with van der Waals surface area (Å²) in [5, 5.41) is 12.5. The van der Waals surface area contributed by atoms with Crippen LogP contribution in [0.4, 0.5) is 14.9 Å². The number of anilines is 1. The molecule has 2 aromatic rings. The number of para-hydroxylation sites is 1. The Balaban J connectivity index is 1.56. The summed E-state index contributed by atoms with van der Waals surface area (Å²) in [6.45, 7) is 4.13. The number of hydrogen-bond donors (Lipinski definition) is 2. The molecular weight excluding hydrogens is 321 g/mol. The average Bonchev–Trinajstić information content (AvgIpc) is 2.62. The average molecular weight is 343 g/mol. The number of aromatic hydroxyl groups is 1. The number of hydrogen-bond acceptors (Lipinski definition) is 3. The van der Waals surface area contributed by atoms with Crippen molar-refractivity contribution in [3.8, 4) is 5.75 Å². The Morgan fingerprint density at radius 3 is 2.52 bits per heavy atom. The fourth-order valence-electron chi connectivity index (χ4n) is 3.01. The van der Waals surface area contributed by atoms with Gasteiger partial charge in [0.15, 0.2) is 0 Å². The fourth-order valence-corrected chi connectivity index (χ4v) is 3.01. The molecule has 1 aliphatic rings. The molecule has 1 saturated heterocycles. The Morgan fingerprint density at radius 2 is 1.84 bits per heavy atom. The van der Waals surface area contributed by atoms with Crippen molar-refractivity contribution in [3.63, 3.8) is 0 Å². The van der Waals surface area contributed by atoms with Crippen LogP contribution in [-0.2, 0) is 0 Å². The van der Waals surface area contributed by atoms with Crippen molar-refractivity contribution in [1.29, 1.82) is 0 Å². The zero-order valence-electron chi connectivity index (χ0n) is 14.2. The van der Waals surface area contributed by atoms with Crippen LogP contribution in [0, 0.1) is 5.82 Å². The lowest BCUT2D eigenvalue weighted by molar-refractivity contribution is 0.191. The van der Waals surface area contributed by atoms with E-state index in [1.165, 1.54) is 6.07 Å². The standard InChI is InChI=1S/C19H22FN3O2/c1-14(15-5-4-6-16(24)13-15)21-19(25)23-11-9-22(10-12-23)18-8-3-2-7-17(18)20/h2-8,13-14,24H,9-12H2,1H3,(H,21,25)/t14-/m1/s1. The van der Waals surface area contributed by atoms with Crippen LogP contribution in [-0.4, -0.2) is 42.2 Å². The minimum absolute atomic E-state index is 0.149. The van der Waals surface area contributed by atoms with Crippen LogP contribution < -0.4 is 10.2 Å². The Bertz CT molecular complexity index is 745. The van der Waals surface area contributed by atoms with Gasteiger partial charge in [-0.3, -0.25) is 0 Å². The molecule has 1 heterocycles. The van der Waals surface area contributed by atoms with E-state index in [9.17, 15) is 14.3 Å². The number of nitrogens with zero attached hydrogens (tertiary/aromatic N) is 2. The number of halogens is 1. The van der Waals surface area contributed by atoms with E-state index in [0.29, 0.717) is 31.9 Å². The molecule has 6 heteroatoms. The third-order valence-corrected chi connectivity index (χ3v) is 4.47. The molecule has 0 saturated carbocycles. The lowest BCUT2D eigenvalue weighted by atomic mass is 10.1. The highest BCUT2D eigenvalue weighted by atomic mass is 19.1.